The highest BCUT2D eigenvalue weighted by Gasteiger charge is 2.17. The van der Waals surface area contributed by atoms with E-state index in [1.165, 1.54) is 0 Å². The van der Waals surface area contributed by atoms with E-state index >= 15 is 0 Å². The normalized spacial score (nSPS) is 11.7. The smallest absolute Gasteiger partial charge is 0.268 e. The number of para-hydroxylation sites is 1. The first-order valence-corrected chi connectivity index (χ1v) is 11.0. The zero-order chi connectivity index (χ0) is 23.9. The van der Waals surface area contributed by atoms with E-state index in [0.29, 0.717) is 30.3 Å². The second-order valence-electron chi connectivity index (χ2n) is 7.95. The minimum absolute atomic E-state index is 0.204. The number of carbonyl (C=O) groups is 1. The van der Waals surface area contributed by atoms with Gasteiger partial charge in [0.05, 0.1) is 18.3 Å². The number of phenols is 1. The number of aromatic nitrogens is 3. The Morgan fingerprint density at radius 3 is 2.65 bits per heavy atom. The van der Waals surface area contributed by atoms with Gasteiger partial charge in [0.15, 0.2) is 0 Å². The van der Waals surface area contributed by atoms with E-state index in [4.69, 9.17) is 0 Å². The Bertz CT molecular complexity index is 1260. The average molecular weight is 458 g/mol. The lowest BCUT2D eigenvalue weighted by atomic mass is 10.1. The van der Waals surface area contributed by atoms with Gasteiger partial charge in [-0.05, 0) is 42.2 Å². The van der Waals surface area contributed by atoms with Crippen molar-refractivity contribution in [2.75, 3.05) is 18.5 Å². The Labute approximate surface area is 197 Å². The Morgan fingerprint density at radius 2 is 1.88 bits per heavy atom. The van der Waals surface area contributed by atoms with Gasteiger partial charge in [-0.25, -0.2) is 9.97 Å². The highest BCUT2D eigenvalue weighted by Crippen LogP contribution is 2.23. The number of amides is 1. The van der Waals surface area contributed by atoms with Crippen LogP contribution in [0.5, 0.6) is 5.75 Å². The minimum Gasteiger partial charge on any atom is -0.508 e. The molecule has 0 radical (unpaired) electrons. The van der Waals surface area contributed by atoms with Gasteiger partial charge in [0.2, 0.25) is 5.95 Å². The third-order valence-corrected chi connectivity index (χ3v) is 5.53. The van der Waals surface area contributed by atoms with Crippen molar-refractivity contribution in [3.05, 3.63) is 95.4 Å². The van der Waals surface area contributed by atoms with Crippen LogP contribution in [-0.2, 0) is 6.42 Å². The number of benzene rings is 2. The molecule has 5 N–H and O–H groups in total. The number of rotatable bonds is 9. The third kappa shape index (κ3) is 5.41. The molecular formula is C26H27N5O3. The molecule has 2 aromatic carbocycles. The molecule has 0 aliphatic carbocycles. The van der Waals surface area contributed by atoms with Gasteiger partial charge in [0.1, 0.15) is 11.4 Å². The van der Waals surface area contributed by atoms with Crippen LogP contribution in [0.3, 0.4) is 0 Å². The highest BCUT2D eigenvalue weighted by atomic mass is 16.3. The first-order chi connectivity index (χ1) is 16.5. The molecule has 0 fully saturated rings. The number of aromatic hydroxyl groups is 1. The van der Waals surface area contributed by atoms with E-state index in [1.807, 2.05) is 49.4 Å². The summed E-state index contributed by atoms with van der Waals surface area (Å²) in [7, 11) is 0. The molecule has 0 bridgehead atoms. The van der Waals surface area contributed by atoms with Gasteiger partial charge in [-0.2, -0.15) is 0 Å². The van der Waals surface area contributed by atoms with Gasteiger partial charge in [0.25, 0.3) is 5.91 Å². The van der Waals surface area contributed by atoms with E-state index in [0.717, 1.165) is 22.3 Å². The van der Waals surface area contributed by atoms with Gasteiger partial charge in [-0.15, -0.1) is 0 Å². The number of carbonyl (C=O) groups excluding carboxylic acids is 1. The Balaban J connectivity index is 1.44. The second kappa shape index (κ2) is 10.6. The van der Waals surface area contributed by atoms with Crippen molar-refractivity contribution in [2.24, 2.45) is 0 Å². The topological polar surface area (TPSA) is 123 Å². The van der Waals surface area contributed by atoms with Crippen molar-refractivity contribution in [2.45, 2.75) is 19.4 Å². The number of nitrogens with zero attached hydrogens (tertiary/aromatic N) is 2. The van der Waals surface area contributed by atoms with Crippen LogP contribution in [0.25, 0.3) is 11.3 Å². The van der Waals surface area contributed by atoms with E-state index in [9.17, 15) is 15.0 Å². The maximum Gasteiger partial charge on any atom is 0.268 e. The molecule has 0 saturated carbocycles. The Kier molecular flexibility index (Phi) is 7.19. The number of nitrogens with one attached hydrogen (secondary N) is 3. The maximum atomic E-state index is 12.8. The summed E-state index contributed by atoms with van der Waals surface area (Å²) in [5.74, 6) is 0.415. The molecule has 0 aliphatic rings. The SMILES string of the molecule is Cc1cnc(NCCc2ccccc2O)nc1-c1c[nH]c(C(=O)NC(CO)c2ccccc2)c1. The first kappa shape index (κ1) is 23.0. The molecule has 34 heavy (non-hydrogen) atoms. The van der Waals surface area contributed by atoms with Crippen molar-refractivity contribution < 1.29 is 15.0 Å². The fraction of sp³-hybridized carbons (Fsp3) is 0.192. The predicted octanol–water partition coefficient (Wildman–Crippen LogP) is 3.60. The molecule has 8 heteroatoms. The van der Waals surface area contributed by atoms with Crippen LogP contribution in [0.4, 0.5) is 5.95 Å². The van der Waals surface area contributed by atoms with E-state index in [2.05, 4.69) is 25.6 Å². The first-order valence-electron chi connectivity index (χ1n) is 11.0. The number of aryl methyl sites for hydroxylation is 1. The number of anilines is 1. The quantitative estimate of drug-likeness (QED) is 0.262. The number of H-pyrrole nitrogens is 1. The number of hydrogen-bond donors (Lipinski definition) is 5. The molecule has 0 aliphatic heterocycles. The van der Waals surface area contributed by atoms with Gasteiger partial charge in [-0.3, -0.25) is 4.79 Å². The van der Waals surface area contributed by atoms with Gasteiger partial charge in [-0.1, -0.05) is 48.5 Å². The molecule has 1 unspecified atom stereocenters. The fourth-order valence-electron chi connectivity index (χ4n) is 3.67. The molecule has 4 rings (SSSR count). The summed E-state index contributed by atoms with van der Waals surface area (Å²) in [6.45, 7) is 2.26. The zero-order valence-electron chi connectivity index (χ0n) is 18.8. The van der Waals surface area contributed by atoms with E-state index < -0.39 is 6.04 Å². The van der Waals surface area contributed by atoms with Crippen molar-refractivity contribution in [3.63, 3.8) is 0 Å². The van der Waals surface area contributed by atoms with Crippen molar-refractivity contribution in [1.82, 2.24) is 20.3 Å². The largest absolute Gasteiger partial charge is 0.508 e. The van der Waals surface area contributed by atoms with Crippen LogP contribution in [0.2, 0.25) is 0 Å². The van der Waals surface area contributed by atoms with Crippen molar-refractivity contribution in [1.29, 1.82) is 0 Å². The van der Waals surface area contributed by atoms with Crippen LogP contribution in [0, 0.1) is 6.92 Å². The monoisotopic (exact) mass is 457 g/mol. The lowest BCUT2D eigenvalue weighted by Crippen LogP contribution is -2.30. The third-order valence-electron chi connectivity index (χ3n) is 5.53. The second-order valence-corrected chi connectivity index (χ2v) is 7.95. The number of phenolic OH excluding ortho intramolecular Hbond substituents is 1. The van der Waals surface area contributed by atoms with Gasteiger partial charge < -0.3 is 25.8 Å². The van der Waals surface area contributed by atoms with Gasteiger partial charge in [0, 0.05) is 24.5 Å². The summed E-state index contributed by atoms with van der Waals surface area (Å²) < 4.78 is 0. The van der Waals surface area contributed by atoms with E-state index in [1.54, 1.807) is 30.6 Å². The van der Waals surface area contributed by atoms with Crippen LogP contribution in [0.1, 0.15) is 33.2 Å². The summed E-state index contributed by atoms with van der Waals surface area (Å²) in [6, 6.07) is 17.8. The van der Waals surface area contributed by atoms with Crippen LogP contribution in [-0.4, -0.2) is 44.2 Å². The molecular weight excluding hydrogens is 430 g/mol. The number of aliphatic hydroxyl groups is 1. The molecule has 174 valence electrons. The Morgan fingerprint density at radius 1 is 1.12 bits per heavy atom. The van der Waals surface area contributed by atoms with Crippen LogP contribution < -0.4 is 10.6 Å². The minimum atomic E-state index is -0.499. The summed E-state index contributed by atoms with van der Waals surface area (Å²) >= 11 is 0. The lowest BCUT2D eigenvalue weighted by Gasteiger charge is -2.16. The average Bonchev–Trinajstić information content (AvgIpc) is 3.35. The summed E-state index contributed by atoms with van der Waals surface area (Å²) in [5, 5.41) is 25.7. The highest BCUT2D eigenvalue weighted by molar-refractivity contribution is 5.94. The van der Waals surface area contributed by atoms with Crippen molar-refractivity contribution in [3.8, 4) is 17.0 Å². The molecule has 1 atom stereocenters. The summed E-state index contributed by atoms with van der Waals surface area (Å²) in [5.41, 5.74) is 4.38. The zero-order valence-corrected chi connectivity index (χ0v) is 18.8. The number of aromatic amines is 1. The number of aliphatic hydroxyl groups excluding tert-OH is 1. The summed E-state index contributed by atoms with van der Waals surface area (Å²) in [4.78, 5) is 24.7. The molecule has 2 heterocycles. The van der Waals surface area contributed by atoms with E-state index in [-0.39, 0.29) is 18.3 Å². The lowest BCUT2D eigenvalue weighted by molar-refractivity contribution is 0.0911. The molecule has 0 saturated heterocycles. The van der Waals surface area contributed by atoms with Crippen LogP contribution in [0.15, 0.2) is 73.1 Å². The summed E-state index contributed by atoms with van der Waals surface area (Å²) in [6.07, 6.45) is 4.09. The standard InChI is InChI=1S/C26H27N5O3/c1-17-14-29-26(27-12-11-19-9-5-6-10-23(19)33)31-24(17)20-13-21(28-15-20)25(34)30-22(16-32)18-7-3-2-4-8-18/h2-10,13-15,22,28,32-33H,11-12,16H2,1H3,(H,30,34)(H,27,29,31). The van der Waals surface area contributed by atoms with Crippen molar-refractivity contribution >= 4 is 11.9 Å². The molecule has 1 amide bonds. The van der Waals surface area contributed by atoms with Crippen LogP contribution >= 0.6 is 0 Å². The Hall–Kier alpha value is -4.17. The molecule has 2 aromatic heterocycles. The fourth-order valence-corrected chi connectivity index (χ4v) is 3.67. The molecule has 4 aromatic rings. The maximum absolute atomic E-state index is 12.8. The number of hydrogen-bond acceptors (Lipinski definition) is 6. The molecule has 8 nitrogen and oxygen atoms in total. The van der Waals surface area contributed by atoms with Gasteiger partial charge >= 0.3 is 0 Å². The molecule has 0 spiro atoms. The predicted molar refractivity (Wildman–Crippen MR) is 131 cm³/mol.